The van der Waals surface area contributed by atoms with Gasteiger partial charge in [-0.05, 0) is 19.1 Å². The second-order valence-electron chi connectivity index (χ2n) is 2.44. The molecule has 0 aliphatic heterocycles. The summed E-state index contributed by atoms with van der Waals surface area (Å²) in [6.45, 7) is 1.99. The van der Waals surface area contributed by atoms with Gasteiger partial charge in [0.15, 0.2) is 0 Å². The van der Waals surface area contributed by atoms with Crippen molar-refractivity contribution < 1.29 is 9.90 Å². The average molecular weight is 166 g/mol. The fourth-order valence-electron chi connectivity index (χ4n) is 0.953. The summed E-state index contributed by atoms with van der Waals surface area (Å²) in [5, 5.41) is 8.66. The minimum absolute atomic E-state index is 0.229. The molecule has 0 amide bonds. The molecule has 0 saturated heterocycles. The Morgan fingerprint density at radius 2 is 2.33 bits per heavy atom. The molecule has 0 saturated carbocycles. The SMILES string of the molecule is Cc1nc(CN)ccc1C(=O)O. The van der Waals surface area contributed by atoms with Gasteiger partial charge in [0.05, 0.1) is 17.0 Å². The molecular weight excluding hydrogens is 156 g/mol. The van der Waals surface area contributed by atoms with Gasteiger partial charge in [-0.15, -0.1) is 0 Å². The van der Waals surface area contributed by atoms with E-state index in [9.17, 15) is 4.79 Å². The van der Waals surface area contributed by atoms with Gasteiger partial charge in [-0.25, -0.2) is 4.79 Å². The first-order valence-corrected chi connectivity index (χ1v) is 3.55. The third-order valence-electron chi connectivity index (χ3n) is 1.58. The third kappa shape index (κ3) is 1.60. The summed E-state index contributed by atoms with van der Waals surface area (Å²) in [5.41, 5.74) is 6.77. The van der Waals surface area contributed by atoms with Gasteiger partial charge in [0.1, 0.15) is 0 Å². The zero-order valence-corrected chi connectivity index (χ0v) is 6.74. The van der Waals surface area contributed by atoms with E-state index in [2.05, 4.69) is 4.98 Å². The number of carboxylic acid groups (broad SMARTS) is 1. The van der Waals surface area contributed by atoms with Gasteiger partial charge in [-0.2, -0.15) is 0 Å². The molecule has 0 radical (unpaired) electrons. The number of carbonyl (C=O) groups is 1. The zero-order valence-electron chi connectivity index (χ0n) is 6.74. The van der Waals surface area contributed by atoms with Crippen molar-refractivity contribution >= 4 is 5.97 Å². The highest BCUT2D eigenvalue weighted by atomic mass is 16.4. The predicted molar refractivity (Wildman–Crippen MR) is 43.8 cm³/mol. The molecule has 0 aliphatic carbocycles. The largest absolute Gasteiger partial charge is 0.478 e. The third-order valence-corrected chi connectivity index (χ3v) is 1.58. The van der Waals surface area contributed by atoms with Crippen molar-refractivity contribution in [1.82, 2.24) is 4.98 Å². The summed E-state index contributed by atoms with van der Waals surface area (Å²) in [4.78, 5) is 14.6. The molecule has 0 atom stereocenters. The monoisotopic (exact) mass is 166 g/mol. The van der Waals surface area contributed by atoms with Crippen LogP contribution in [0.4, 0.5) is 0 Å². The van der Waals surface area contributed by atoms with E-state index in [0.717, 1.165) is 0 Å². The van der Waals surface area contributed by atoms with Crippen molar-refractivity contribution in [2.24, 2.45) is 5.73 Å². The Kier molecular flexibility index (Phi) is 2.40. The van der Waals surface area contributed by atoms with E-state index < -0.39 is 5.97 Å². The number of aromatic nitrogens is 1. The van der Waals surface area contributed by atoms with Gasteiger partial charge in [0.2, 0.25) is 0 Å². The summed E-state index contributed by atoms with van der Waals surface area (Å²) in [5.74, 6) is -0.955. The number of hydrogen-bond donors (Lipinski definition) is 2. The number of hydrogen-bond acceptors (Lipinski definition) is 3. The average Bonchev–Trinajstić information content (AvgIpc) is 2.03. The van der Waals surface area contributed by atoms with Crippen molar-refractivity contribution in [1.29, 1.82) is 0 Å². The lowest BCUT2D eigenvalue weighted by atomic mass is 10.2. The number of rotatable bonds is 2. The minimum atomic E-state index is -0.955. The molecule has 4 heteroatoms. The Hall–Kier alpha value is -1.42. The molecular formula is C8H10N2O2. The first kappa shape index (κ1) is 8.67. The van der Waals surface area contributed by atoms with Crippen molar-refractivity contribution in [3.63, 3.8) is 0 Å². The van der Waals surface area contributed by atoms with Crippen molar-refractivity contribution in [3.8, 4) is 0 Å². The van der Waals surface area contributed by atoms with Gasteiger partial charge in [-0.1, -0.05) is 0 Å². The maximum Gasteiger partial charge on any atom is 0.337 e. The zero-order chi connectivity index (χ0) is 9.14. The van der Waals surface area contributed by atoms with Crippen LogP contribution in [0.2, 0.25) is 0 Å². The van der Waals surface area contributed by atoms with E-state index >= 15 is 0 Å². The van der Waals surface area contributed by atoms with Gasteiger partial charge in [0.25, 0.3) is 0 Å². The van der Waals surface area contributed by atoms with Crippen LogP contribution in [-0.4, -0.2) is 16.1 Å². The smallest absolute Gasteiger partial charge is 0.337 e. The minimum Gasteiger partial charge on any atom is -0.478 e. The first-order chi connectivity index (χ1) is 5.65. The molecule has 4 nitrogen and oxygen atoms in total. The Morgan fingerprint density at radius 3 is 2.75 bits per heavy atom. The molecule has 12 heavy (non-hydrogen) atoms. The van der Waals surface area contributed by atoms with Crippen LogP contribution in [0.3, 0.4) is 0 Å². The second kappa shape index (κ2) is 3.32. The highest BCUT2D eigenvalue weighted by Crippen LogP contribution is 2.05. The quantitative estimate of drug-likeness (QED) is 0.672. The van der Waals surface area contributed by atoms with Gasteiger partial charge in [0, 0.05) is 6.54 Å². The van der Waals surface area contributed by atoms with E-state index in [1.54, 1.807) is 13.0 Å². The lowest BCUT2D eigenvalue weighted by molar-refractivity contribution is 0.0695. The maximum atomic E-state index is 10.6. The van der Waals surface area contributed by atoms with Crippen LogP contribution in [0.25, 0.3) is 0 Å². The molecule has 1 heterocycles. The number of aromatic carboxylic acids is 1. The first-order valence-electron chi connectivity index (χ1n) is 3.55. The van der Waals surface area contributed by atoms with E-state index in [-0.39, 0.29) is 5.56 Å². The lowest BCUT2D eigenvalue weighted by Gasteiger charge is -2.01. The fourth-order valence-corrected chi connectivity index (χ4v) is 0.953. The Bertz CT molecular complexity index is 310. The number of pyridine rings is 1. The molecule has 1 aromatic rings. The van der Waals surface area contributed by atoms with Crippen LogP contribution in [0.5, 0.6) is 0 Å². The summed E-state index contributed by atoms with van der Waals surface area (Å²) >= 11 is 0. The predicted octanol–water partition coefficient (Wildman–Crippen LogP) is 0.547. The number of aryl methyl sites for hydroxylation is 1. The molecule has 1 aromatic heterocycles. The van der Waals surface area contributed by atoms with Crippen LogP contribution in [0.1, 0.15) is 21.7 Å². The summed E-state index contributed by atoms with van der Waals surface area (Å²) in [7, 11) is 0. The van der Waals surface area contributed by atoms with Crippen LogP contribution in [0, 0.1) is 6.92 Å². The lowest BCUT2D eigenvalue weighted by Crippen LogP contribution is -2.06. The topological polar surface area (TPSA) is 76.2 Å². The highest BCUT2D eigenvalue weighted by Gasteiger charge is 2.07. The summed E-state index contributed by atoms with van der Waals surface area (Å²) < 4.78 is 0. The fraction of sp³-hybridized carbons (Fsp3) is 0.250. The van der Waals surface area contributed by atoms with E-state index in [4.69, 9.17) is 10.8 Å². The standard InChI is InChI=1S/C8H10N2O2/c1-5-7(8(11)12)3-2-6(4-9)10-5/h2-3H,4,9H2,1H3,(H,11,12). The van der Waals surface area contributed by atoms with Crippen LogP contribution < -0.4 is 5.73 Å². The molecule has 64 valence electrons. The van der Waals surface area contributed by atoms with Gasteiger partial charge in [-0.3, -0.25) is 4.98 Å². The van der Waals surface area contributed by atoms with Crippen LogP contribution in [0.15, 0.2) is 12.1 Å². The van der Waals surface area contributed by atoms with Crippen molar-refractivity contribution in [2.75, 3.05) is 0 Å². The molecule has 0 aromatic carbocycles. The molecule has 0 aliphatic rings. The molecule has 1 rings (SSSR count). The number of nitrogens with two attached hydrogens (primary N) is 1. The maximum absolute atomic E-state index is 10.6. The van der Waals surface area contributed by atoms with Crippen molar-refractivity contribution in [2.45, 2.75) is 13.5 Å². The van der Waals surface area contributed by atoms with E-state index in [1.807, 2.05) is 0 Å². The normalized spacial score (nSPS) is 9.83. The second-order valence-corrected chi connectivity index (χ2v) is 2.44. The van der Waals surface area contributed by atoms with E-state index in [1.165, 1.54) is 6.07 Å². The number of carboxylic acids is 1. The summed E-state index contributed by atoms with van der Waals surface area (Å²) in [6.07, 6.45) is 0. The number of nitrogens with zero attached hydrogens (tertiary/aromatic N) is 1. The Morgan fingerprint density at radius 1 is 1.67 bits per heavy atom. The van der Waals surface area contributed by atoms with Gasteiger partial charge >= 0.3 is 5.97 Å². The Labute approximate surface area is 70.0 Å². The molecule has 0 fully saturated rings. The van der Waals surface area contributed by atoms with Crippen LogP contribution >= 0.6 is 0 Å². The van der Waals surface area contributed by atoms with Crippen molar-refractivity contribution in [3.05, 3.63) is 29.1 Å². The molecule has 0 bridgehead atoms. The summed E-state index contributed by atoms with van der Waals surface area (Å²) in [6, 6.07) is 3.14. The Balaban J connectivity index is 3.12. The van der Waals surface area contributed by atoms with Crippen LogP contribution in [-0.2, 0) is 6.54 Å². The highest BCUT2D eigenvalue weighted by molar-refractivity contribution is 5.88. The van der Waals surface area contributed by atoms with E-state index in [0.29, 0.717) is 17.9 Å². The molecule has 0 spiro atoms. The van der Waals surface area contributed by atoms with Gasteiger partial charge < -0.3 is 10.8 Å². The molecule has 0 unspecified atom stereocenters. The molecule has 3 N–H and O–H groups in total.